The zero-order valence-corrected chi connectivity index (χ0v) is 46.3. The molecule has 13 aromatic rings. The Kier molecular flexibility index (Phi) is 15.2. The number of rotatable bonds is 18. The number of nitrogens with zero attached hydrogens (tertiary/aromatic N) is 3. The van der Waals surface area contributed by atoms with Crippen LogP contribution in [0.4, 0.5) is 85.3 Å². The van der Waals surface area contributed by atoms with Gasteiger partial charge in [-0.1, -0.05) is 218 Å². The van der Waals surface area contributed by atoms with E-state index >= 15 is 0 Å². The van der Waals surface area contributed by atoms with Crippen LogP contribution in [-0.2, 0) is 0 Å². The molecule has 0 aliphatic carbocycles. The highest BCUT2D eigenvalue weighted by molar-refractivity contribution is 5.96. The van der Waals surface area contributed by atoms with Gasteiger partial charge in [0.2, 0.25) is 0 Å². The van der Waals surface area contributed by atoms with E-state index < -0.39 is 0 Å². The third-order valence-corrected chi connectivity index (χ3v) is 15.0. The minimum atomic E-state index is 0.938. The molecular weight excluding hydrogens is 1020 g/mol. The van der Waals surface area contributed by atoms with Crippen molar-refractivity contribution in [1.82, 2.24) is 0 Å². The molecule has 0 spiro atoms. The van der Waals surface area contributed by atoms with Crippen LogP contribution in [0.1, 0.15) is 0 Å². The lowest BCUT2D eigenvalue weighted by molar-refractivity contribution is 1.22. The van der Waals surface area contributed by atoms with E-state index in [9.17, 15) is 0 Å². The molecule has 0 aliphatic rings. The number of nitrogens with one attached hydrogen (secondary N) is 3. The molecule has 0 saturated carbocycles. The van der Waals surface area contributed by atoms with Gasteiger partial charge in [0.15, 0.2) is 0 Å². The predicted octanol–water partition coefficient (Wildman–Crippen LogP) is 22.3. The molecule has 13 aromatic carbocycles. The number of hydrogen-bond acceptors (Lipinski definition) is 6. The van der Waals surface area contributed by atoms with Gasteiger partial charge in [-0.05, 0) is 161 Å². The lowest BCUT2D eigenvalue weighted by Crippen LogP contribution is -2.17. The SMILES string of the molecule is c1ccc(-c2ccc(Nc3ccccc3N(c3ccccc3)c3cc(N(c4ccccc4)c4ccccc4Nc4ccc(-c5ccccc5)cc4)cc(N(c4ccccc4)c4ccccc4Nc4ccc(-c5ccccc5)cc4)c3)cc2)cc1. The highest BCUT2D eigenvalue weighted by Gasteiger charge is 2.25. The molecule has 0 atom stereocenters. The van der Waals surface area contributed by atoms with Gasteiger partial charge in [-0.3, -0.25) is 0 Å². The predicted molar refractivity (Wildman–Crippen MR) is 356 cm³/mol. The van der Waals surface area contributed by atoms with Gasteiger partial charge in [0.1, 0.15) is 0 Å². The van der Waals surface area contributed by atoms with E-state index in [0.29, 0.717) is 0 Å². The molecule has 0 aromatic heterocycles. The summed E-state index contributed by atoms with van der Waals surface area (Å²) in [6, 6.07) is 122. The summed E-state index contributed by atoms with van der Waals surface area (Å²) in [5, 5.41) is 11.6. The van der Waals surface area contributed by atoms with Crippen molar-refractivity contribution in [3.63, 3.8) is 0 Å². The minimum absolute atomic E-state index is 0.938. The summed E-state index contributed by atoms with van der Waals surface area (Å²) in [5.41, 5.74) is 21.5. The molecule has 0 aliphatic heterocycles. The Labute approximate surface area is 492 Å². The average molecular weight is 1080 g/mol. The van der Waals surface area contributed by atoms with Gasteiger partial charge in [-0.15, -0.1) is 0 Å². The van der Waals surface area contributed by atoms with Crippen molar-refractivity contribution in [2.24, 2.45) is 0 Å². The molecule has 0 fully saturated rings. The second-order valence-corrected chi connectivity index (χ2v) is 20.5. The van der Waals surface area contributed by atoms with Crippen LogP contribution in [-0.4, -0.2) is 0 Å². The Morgan fingerprint density at radius 3 is 0.619 bits per heavy atom. The monoisotopic (exact) mass is 1080 g/mol. The molecule has 6 nitrogen and oxygen atoms in total. The van der Waals surface area contributed by atoms with Crippen LogP contribution in [0, 0.1) is 0 Å². The largest absolute Gasteiger partial charge is 0.354 e. The van der Waals surface area contributed by atoms with Crippen LogP contribution in [0.25, 0.3) is 33.4 Å². The van der Waals surface area contributed by atoms with Gasteiger partial charge in [0.05, 0.1) is 51.2 Å². The molecular formula is C78H60N6. The van der Waals surface area contributed by atoms with Crippen molar-refractivity contribution in [2.75, 3.05) is 30.7 Å². The van der Waals surface area contributed by atoms with Gasteiger partial charge in [-0.2, -0.15) is 0 Å². The van der Waals surface area contributed by atoms with Gasteiger partial charge in [-0.25, -0.2) is 0 Å². The fraction of sp³-hybridized carbons (Fsp3) is 0. The van der Waals surface area contributed by atoms with Crippen molar-refractivity contribution in [1.29, 1.82) is 0 Å². The van der Waals surface area contributed by atoms with E-state index in [-0.39, 0.29) is 0 Å². The maximum Gasteiger partial charge on any atom is 0.0696 e. The quantitative estimate of drug-likeness (QED) is 0.0796. The van der Waals surface area contributed by atoms with E-state index in [1.54, 1.807) is 0 Å². The summed E-state index contributed by atoms with van der Waals surface area (Å²) >= 11 is 0. The Balaban J connectivity index is 0.995. The fourth-order valence-electron chi connectivity index (χ4n) is 10.9. The summed E-state index contributed by atoms with van der Waals surface area (Å²) in [6.45, 7) is 0. The van der Waals surface area contributed by atoms with Gasteiger partial charge >= 0.3 is 0 Å². The zero-order chi connectivity index (χ0) is 56.3. The summed E-state index contributed by atoms with van der Waals surface area (Å²) in [7, 11) is 0. The number of para-hydroxylation sites is 9. The molecule has 0 bridgehead atoms. The summed E-state index contributed by atoms with van der Waals surface area (Å²) < 4.78 is 0. The van der Waals surface area contributed by atoms with Crippen molar-refractivity contribution in [3.05, 3.63) is 346 Å². The van der Waals surface area contributed by atoms with E-state index in [2.05, 4.69) is 376 Å². The van der Waals surface area contributed by atoms with Crippen molar-refractivity contribution in [2.45, 2.75) is 0 Å². The number of hydrogen-bond donors (Lipinski definition) is 3. The van der Waals surface area contributed by atoms with E-state index in [1.807, 2.05) is 0 Å². The lowest BCUT2D eigenvalue weighted by atomic mass is 10.1. The molecule has 0 amide bonds. The van der Waals surface area contributed by atoms with Crippen LogP contribution < -0.4 is 30.7 Å². The van der Waals surface area contributed by atoms with Crippen molar-refractivity contribution < 1.29 is 0 Å². The first-order chi connectivity index (χ1) is 41.6. The average Bonchev–Trinajstić information content (AvgIpc) is 3.73. The Hall–Kier alpha value is -11.3. The molecule has 0 heterocycles. The van der Waals surface area contributed by atoms with E-state index in [0.717, 1.165) is 102 Å². The zero-order valence-electron chi connectivity index (χ0n) is 46.3. The Morgan fingerprint density at radius 1 is 0.167 bits per heavy atom. The fourth-order valence-corrected chi connectivity index (χ4v) is 10.9. The van der Waals surface area contributed by atoms with Crippen molar-refractivity contribution in [3.8, 4) is 33.4 Å². The van der Waals surface area contributed by atoms with E-state index in [4.69, 9.17) is 0 Å². The second-order valence-electron chi connectivity index (χ2n) is 20.5. The summed E-state index contributed by atoms with van der Waals surface area (Å²) in [5.74, 6) is 0. The summed E-state index contributed by atoms with van der Waals surface area (Å²) in [6.07, 6.45) is 0. The van der Waals surface area contributed by atoms with Gasteiger partial charge in [0.25, 0.3) is 0 Å². The molecule has 84 heavy (non-hydrogen) atoms. The van der Waals surface area contributed by atoms with Crippen LogP contribution >= 0.6 is 0 Å². The Bertz CT molecular complexity index is 3790. The topological polar surface area (TPSA) is 45.8 Å². The van der Waals surface area contributed by atoms with Crippen LogP contribution in [0.2, 0.25) is 0 Å². The molecule has 13 rings (SSSR count). The van der Waals surface area contributed by atoms with Gasteiger partial charge in [0, 0.05) is 34.1 Å². The number of anilines is 15. The Morgan fingerprint density at radius 2 is 0.369 bits per heavy atom. The van der Waals surface area contributed by atoms with Crippen LogP contribution in [0.5, 0.6) is 0 Å². The molecule has 3 N–H and O–H groups in total. The number of benzene rings is 13. The molecule has 0 unspecified atom stereocenters. The molecule has 0 radical (unpaired) electrons. The molecule has 402 valence electrons. The maximum absolute atomic E-state index is 3.86. The highest BCUT2D eigenvalue weighted by Crippen LogP contribution is 2.50. The van der Waals surface area contributed by atoms with Crippen LogP contribution in [0.15, 0.2) is 346 Å². The molecule has 6 heteroatoms. The first kappa shape index (κ1) is 52.1. The van der Waals surface area contributed by atoms with Gasteiger partial charge < -0.3 is 30.7 Å². The van der Waals surface area contributed by atoms with E-state index in [1.165, 1.54) is 16.7 Å². The lowest BCUT2D eigenvalue weighted by Gasteiger charge is -2.34. The first-order valence-corrected chi connectivity index (χ1v) is 28.4. The third kappa shape index (κ3) is 11.6. The first-order valence-electron chi connectivity index (χ1n) is 28.4. The summed E-state index contributed by atoms with van der Waals surface area (Å²) in [4.78, 5) is 7.12. The standard InChI is InChI=1S/C78H60N6/c1-7-25-58(26-8-1)61-43-49-64(50-44-61)79-73-37-19-22-40-76(73)82(67-31-13-4-14-32-67)70-55-71(83(68-33-15-5-16-34-68)77-41-23-20-38-74(77)80-65-51-45-62(46-52-65)59-27-9-2-10-28-59)57-72(56-70)84(69-35-17-6-18-36-69)78-42-24-21-39-75(78)81-66-53-47-63(48-54-66)60-29-11-3-12-30-60/h1-57,79-81H. The highest BCUT2D eigenvalue weighted by atomic mass is 15.2. The normalized spacial score (nSPS) is 10.9. The van der Waals surface area contributed by atoms with Crippen LogP contribution in [0.3, 0.4) is 0 Å². The maximum atomic E-state index is 3.86. The minimum Gasteiger partial charge on any atom is -0.354 e. The second kappa shape index (κ2) is 24.6. The van der Waals surface area contributed by atoms with Crippen molar-refractivity contribution >= 4 is 85.3 Å². The smallest absolute Gasteiger partial charge is 0.0696 e. The third-order valence-electron chi connectivity index (χ3n) is 15.0. The molecule has 0 saturated heterocycles.